The molecular formula is C22H29N3O3. The van der Waals surface area contributed by atoms with E-state index in [-0.39, 0.29) is 12.5 Å². The summed E-state index contributed by atoms with van der Waals surface area (Å²) in [7, 11) is 4.01. The van der Waals surface area contributed by atoms with E-state index in [1.165, 1.54) is 11.1 Å². The van der Waals surface area contributed by atoms with E-state index in [9.17, 15) is 4.79 Å². The average molecular weight is 383 g/mol. The van der Waals surface area contributed by atoms with Crippen LogP contribution in [-0.4, -0.2) is 54.1 Å². The highest BCUT2D eigenvalue weighted by molar-refractivity contribution is 5.90. The lowest BCUT2D eigenvalue weighted by Gasteiger charge is -2.36. The first-order valence-electron chi connectivity index (χ1n) is 9.30. The normalized spacial score (nSPS) is 15.6. The van der Waals surface area contributed by atoms with Crippen LogP contribution in [0, 0.1) is 13.8 Å². The van der Waals surface area contributed by atoms with Crippen molar-refractivity contribution >= 4 is 18.2 Å². The van der Waals surface area contributed by atoms with Crippen LogP contribution in [-0.2, 0) is 17.8 Å². The predicted octanol–water partition coefficient (Wildman–Crippen LogP) is 3.52. The molecule has 6 heteroatoms. The number of hydrogen-bond donors (Lipinski definition) is 2. The van der Waals surface area contributed by atoms with Gasteiger partial charge < -0.3 is 15.3 Å². The van der Waals surface area contributed by atoms with Crippen LogP contribution in [0.4, 0.5) is 10.5 Å². The van der Waals surface area contributed by atoms with Crippen LogP contribution in [0.1, 0.15) is 22.3 Å². The van der Waals surface area contributed by atoms with E-state index < -0.39 is 0 Å². The molecule has 1 unspecified atom stereocenters. The highest BCUT2D eigenvalue weighted by atomic mass is 16.3. The van der Waals surface area contributed by atoms with E-state index in [4.69, 9.17) is 9.90 Å². The molecular weight excluding hydrogens is 354 g/mol. The van der Waals surface area contributed by atoms with Crippen LogP contribution in [0.5, 0.6) is 0 Å². The molecule has 2 amide bonds. The first kappa shape index (κ1) is 21.4. The molecule has 2 aromatic carbocycles. The number of fused-ring (bicyclic) bond motifs is 1. The van der Waals surface area contributed by atoms with Crippen molar-refractivity contribution < 1.29 is 14.7 Å². The van der Waals surface area contributed by atoms with Gasteiger partial charge in [0.25, 0.3) is 6.47 Å². The smallest absolute Gasteiger partial charge is 0.321 e. The number of aryl methyl sites for hydroxylation is 2. The quantitative estimate of drug-likeness (QED) is 0.796. The lowest BCUT2D eigenvalue weighted by atomic mass is 9.94. The van der Waals surface area contributed by atoms with Crippen LogP contribution in [0.3, 0.4) is 0 Å². The molecule has 6 nitrogen and oxygen atoms in total. The molecule has 1 aliphatic rings. The molecule has 0 aromatic heterocycles. The fraction of sp³-hybridized carbons (Fsp3) is 0.364. The maximum absolute atomic E-state index is 12.6. The highest BCUT2D eigenvalue weighted by Gasteiger charge is 2.25. The van der Waals surface area contributed by atoms with E-state index >= 15 is 0 Å². The standard InChI is InChI=1S/C21H27N3O.CH2O2/c1-15-9-10-16(2)20(11-15)22-21(25)24(4)14-19-12-17-7-5-6-8-18(17)13-23(19)3;2-1-3/h5-11,19H,12-14H2,1-4H3,(H,22,25);1H,(H,2,3). The van der Waals surface area contributed by atoms with Crippen molar-refractivity contribution in [2.45, 2.75) is 32.9 Å². The van der Waals surface area contributed by atoms with Crippen molar-refractivity contribution in [1.82, 2.24) is 9.80 Å². The van der Waals surface area contributed by atoms with E-state index in [0.29, 0.717) is 12.6 Å². The predicted molar refractivity (Wildman–Crippen MR) is 112 cm³/mol. The summed E-state index contributed by atoms with van der Waals surface area (Å²) in [5.74, 6) is 0. The van der Waals surface area contributed by atoms with Crippen LogP contribution in [0.15, 0.2) is 42.5 Å². The molecule has 0 aliphatic carbocycles. The molecule has 1 aliphatic heterocycles. The summed E-state index contributed by atoms with van der Waals surface area (Å²) in [6, 6.07) is 15.0. The topological polar surface area (TPSA) is 72.9 Å². The molecule has 0 saturated carbocycles. The Balaban J connectivity index is 0.000000878. The first-order valence-corrected chi connectivity index (χ1v) is 9.30. The van der Waals surface area contributed by atoms with Crippen LogP contribution in [0.25, 0.3) is 0 Å². The summed E-state index contributed by atoms with van der Waals surface area (Å²) >= 11 is 0. The van der Waals surface area contributed by atoms with Crippen LogP contribution in [0.2, 0.25) is 0 Å². The third kappa shape index (κ3) is 5.57. The maximum atomic E-state index is 12.6. The SMILES string of the molecule is Cc1ccc(C)c(NC(=O)N(C)CC2Cc3ccccc3CN2C)c1.O=CO. The summed E-state index contributed by atoms with van der Waals surface area (Å²) in [6.45, 7) is 5.45. The Hall–Kier alpha value is -2.86. The van der Waals surface area contributed by atoms with Gasteiger partial charge in [-0.25, -0.2) is 4.79 Å². The molecule has 28 heavy (non-hydrogen) atoms. The van der Waals surface area contributed by atoms with Crippen molar-refractivity contribution in [3.63, 3.8) is 0 Å². The van der Waals surface area contributed by atoms with Gasteiger partial charge >= 0.3 is 6.03 Å². The van der Waals surface area contributed by atoms with Gasteiger partial charge in [-0.3, -0.25) is 9.69 Å². The largest absolute Gasteiger partial charge is 0.483 e. The minimum atomic E-state index is -0.250. The number of nitrogens with one attached hydrogen (secondary N) is 1. The van der Waals surface area contributed by atoms with Gasteiger partial charge in [-0.2, -0.15) is 0 Å². The maximum Gasteiger partial charge on any atom is 0.321 e. The Morgan fingerprint density at radius 2 is 1.89 bits per heavy atom. The molecule has 0 bridgehead atoms. The first-order chi connectivity index (χ1) is 13.3. The fourth-order valence-corrected chi connectivity index (χ4v) is 3.40. The summed E-state index contributed by atoms with van der Waals surface area (Å²) in [4.78, 5) is 25.1. The van der Waals surface area contributed by atoms with Gasteiger partial charge in [0.1, 0.15) is 0 Å². The van der Waals surface area contributed by atoms with Gasteiger partial charge in [0, 0.05) is 31.9 Å². The Kier molecular flexibility index (Phi) is 7.58. The van der Waals surface area contributed by atoms with E-state index in [0.717, 1.165) is 29.8 Å². The molecule has 0 fully saturated rings. The second-order valence-corrected chi connectivity index (χ2v) is 7.28. The number of amides is 2. The van der Waals surface area contributed by atoms with Crippen LogP contribution >= 0.6 is 0 Å². The zero-order valence-electron chi connectivity index (χ0n) is 17.0. The fourth-order valence-electron chi connectivity index (χ4n) is 3.40. The molecule has 2 aromatic rings. The van der Waals surface area contributed by atoms with Crippen molar-refractivity contribution in [3.05, 3.63) is 64.7 Å². The number of carboxylic acid groups (broad SMARTS) is 1. The van der Waals surface area contributed by atoms with Crippen molar-refractivity contribution in [1.29, 1.82) is 0 Å². The van der Waals surface area contributed by atoms with Gasteiger partial charge in [0.05, 0.1) is 0 Å². The van der Waals surface area contributed by atoms with Gasteiger partial charge in [0.15, 0.2) is 0 Å². The Labute approximate surface area is 166 Å². The highest BCUT2D eigenvalue weighted by Crippen LogP contribution is 2.23. The zero-order chi connectivity index (χ0) is 20.7. The lowest BCUT2D eigenvalue weighted by Crippen LogP contribution is -2.47. The minimum absolute atomic E-state index is 0.0547. The number of likely N-dealkylation sites (N-methyl/N-ethyl adjacent to an activating group) is 2. The van der Waals surface area contributed by atoms with Gasteiger partial charge in [0.2, 0.25) is 0 Å². The Bertz CT molecular complexity index is 822. The number of hydrogen-bond acceptors (Lipinski definition) is 3. The molecule has 1 atom stereocenters. The molecule has 150 valence electrons. The molecule has 0 spiro atoms. The molecule has 1 heterocycles. The van der Waals surface area contributed by atoms with Gasteiger partial charge in [-0.05, 0) is 55.6 Å². The monoisotopic (exact) mass is 383 g/mol. The number of carbonyl (C=O) groups is 2. The summed E-state index contributed by atoms with van der Waals surface area (Å²) in [6.07, 6.45) is 0.980. The number of nitrogens with zero attached hydrogens (tertiary/aromatic N) is 2. The van der Waals surface area contributed by atoms with Gasteiger partial charge in [-0.1, -0.05) is 36.4 Å². The Morgan fingerprint density at radius 1 is 1.25 bits per heavy atom. The minimum Gasteiger partial charge on any atom is -0.483 e. The summed E-state index contributed by atoms with van der Waals surface area (Å²) in [5.41, 5.74) is 5.90. The summed E-state index contributed by atoms with van der Waals surface area (Å²) in [5, 5.41) is 9.93. The van der Waals surface area contributed by atoms with Crippen molar-refractivity contribution in [2.24, 2.45) is 0 Å². The summed E-state index contributed by atoms with van der Waals surface area (Å²) < 4.78 is 0. The second kappa shape index (κ2) is 9.90. The number of carbonyl (C=O) groups excluding carboxylic acids is 1. The second-order valence-electron chi connectivity index (χ2n) is 7.28. The number of rotatable bonds is 3. The van der Waals surface area contributed by atoms with E-state index in [1.54, 1.807) is 4.90 Å². The average Bonchev–Trinajstić information content (AvgIpc) is 2.66. The molecule has 0 saturated heterocycles. The lowest BCUT2D eigenvalue weighted by molar-refractivity contribution is -0.122. The van der Waals surface area contributed by atoms with Gasteiger partial charge in [-0.15, -0.1) is 0 Å². The molecule has 2 N–H and O–H groups in total. The molecule has 3 rings (SSSR count). The van der Waals surface area contributed by atoms with Crippen molar-refractivity contribution in [3.8, 4) is 0 Å². The van der Waals surface area contributed by atoms with E-state index in [1.807, 2.05) is 33.0 Å². The number of anilines is 1. The number of benzene rings is 2. The Morgan fingerprint density at radius 3 is 2.57 bits per heavy atom. The molecule has 0 radical (unpaired) electrons. The third-order valence-electron chi connectivity index (χ3n) is 5.08. The van der Waals surface area contributed by atoms with Crippen molar-refractivity contribution in [2.75, 3.05) is 26.0 Å². The third-order valence-corrected chi connectivity index (χ3v) is 5.08. The zero-order valence-corrected chi connectivity index (χ0v) is 17.0. The van der Waals surface area contributed by atoms with Crippen LogP contribution < -0.4 is 5.32 Å². The number of urea groups is 1. The van der Waals surface area contributed by atoms with E-state index in [2.05, 4.69) is 47.6 Å².